The first-order chi connectivity index (χ1) is 4.35. The molecule has 0 saturated heterocycles. The largest absolute Gasteiger partial charge is 0.103 e. The highest BCUT2D eigenvalue weighted by molar-refractivity contribution is 7.79. The number of thiocarbonyl (C=S) groups is 1. The van der Waals surface area contributed by atoms with E-state index in [0.717, 1.165) is 12.8 Å². The molecule has 0 radical (unpaired) electrons. The van der Waals surface area contributed by atoms with Crippen LogP contribution in [0.2, 0.25) is 0 Å². The van der Waals surface area contributed by atoms with Crippen molar-refractivity contribution in [2.45, 2.75) is 12.8 Å². The topological polar surface area (TPSA) is 0 Å². The maximum absolute atomic E-state index is 4.78. The number of rotatable bonds is 5. The predicted molar refractivity (Wildman–Crippen MR) is 46.8 cm³/mol. The minimum Gasteiger partial charge on any atom is -0.103 e. The molecule has 0 saturated carbocycles. The second kappa shape index (κ2) is 5.70. The van der Waals surface area contributed by atoms with Gasteiger partial charge in [-0.1, -0.05) is 24.4 Å². The normalized spacial score (nSPS) is 9.00. The Bertz CT molecular complexity index is 95.1. The van der Waals surface area contributed by atoms with E-state index in [9.17, 15) is 0 Å². The van der Waals surface area contributed by atoms with Crippen molar-refractivity contribution in [1.82, 2.24) is 0 Å². The third kappa shape index (κ3) is 4.10. The van der Waals surface area contributed by atoms with Crippen molar-refractivity contribution in [1.29, 1.82) is 0 Å². The molecule has 0 aliphatic rings. The minimum atomic E-state index is 0.468. The first-order valence-corrected chi connectivity index (χ1v) is 3.49. The lowest BCUT2D eigenvalue weighted by molar-refractivity contribution is 0.742. The summed E-state index contributed by atoms with van der Waals surface area (Å²) in [5, 5.41) is 1.78. The molecule has 9 heavy (non-hydrogen) atoms. The van der Waals surface area contributed by atoms with Crippen LogP contribution in [0.1, 0.15) is 12.8 Å². The van der Waals surface area contributed by atoms with Crippen LogP contribution in [0.5, 0.6) is 0 Å². The molecule has 0 heterocycles. The van der Waals surface area contributed by atoms with Gasteiger partial charge in [0, 0.05) is 0 Å². The predicted octanol–water partition coefficient (Wildman–Crippen LogP) is 2.75. The Morgan fingerprint density at radius 2 is 1.67 bits per heavy atom. The highest BCUT2D eigenvalue weighted by Gasteiger charge is 1.97. The summed E-state index contributed by atoms with van der Waals surface area (Å²) in [5.74, 6) is 0.468. The summed E-state index contributed by atoms with van der Waals surface area (Å²) in [6.07, 6.45) is 5.71. The second-order valence-electron chi connectivity index (χ2n) is 1.94. The van der Waals surface area contributed by atoms with Crippen LogP contribution in [0, 0.1) is 5.92 Å². The Balaban J connectivity index is 3.51. The van der Waals surface area contributed by atoms with Crippen LogP contribution in [0.15, 0.2) is 25.3 Å². The smallest absolute Gasteiger partial charge is 0.00596 e. The van der Waals surface area contributed by atoms with Gasteiger partial charge < -0.3 is 0 Å². The van der Waals surface area contributed by atoms with Crippen LogP contribution >= 0.6 is 12.2 Å². The summed E-state index contributed by atoms with van der Waals surface area (Å²) >= 11 is 4.78. The molecule has 0 aliphatic heterocycles. The van der Waals surface area contributed by atoms with Gasteiger partial charge in [0.25, 0.3) is 0 Å². The van der Waals surface area contributed by atoms with Crippen LogP contribution in [-0.4, -0.2) is 5.37 Å². The fraction of sp³-hybridized carbons (Fsp3) is 0.375. The van der Waals surface area contributed by atoms with Gasteiger partial charge in [0.1, 0.15) is 0 Å². The zero-order chi connectivity index (χ0) is 7.11. The number of hydrogen-bond donors (Lipinski definition) is 0. The third-order valence-corrected chi connectivity index (χ3v) is 1.52. The molecule has 0 atom stereocenters. The van der Waals surface area contributed by atoms with E-state index in [2.05, 4.69) is 13.2 Å². The maximum atomic E-state index is 4.78. The molecule has 0 aromatic carbocycles. The fourth-order valence-corrected chi connectivity index (χ4v) is 0.858. The first-order valence-electron chi connectivity index (χ1n) is 3.02. The van der Waals surface area contributed by atoms with Crippen LogP contribution < -0.4 is 0 Å². The molecule has 0 aromatic rings. The van der Waals surface area contributed by atoms with Gasteiger partial charge in [0.2, 0.25) is 0 Å². The summed E-state index contributed by atoms with van der Waals surface area (Å²) in [6, 6.07) is 0. The lowest BCUT2D eigenvalue weighted by Gasteiger charge is -2.02. The Morgan fingerprint density at radius 1 is 1.22 bits per heavy atom. The molecule has 0 unspecified atom stereocenters. The van der Waals surface area contributed by atoms with Gasteiger partial charge >= 0.3 is 0 Å². The number of hydrogen-bond acceptors (Lipinski definition) is 1. The van der Waals surface area contributed by atoms with E-state index in [1.165, 1.54) is 0 Å². The average Bonchev–Trinajstić information content (AvgIpc) is 1.88. The molecule has 0 N–H and O–H groups in total. The van der Waals surface area contributed by atoms with E-state index in [1.54, 1.807) is 5.37 Å². The van der Waals surface area contributed by atoms with Crippen LogP contribution in [0.25, 0.3) is 0 Å². The van der Waals surface area contributed by atoms with Crippen molar-refractivity contribution in [2.75, 3.05) is 0 Å². The number of allylic oxidation sites excluding steroid dienone is 2. The Hall–Kier alpha value is -0.430. The SMILES string of the molecule is C=CCC(C=S)CC=C. The molecule has 50 valence electrons. The summed E-state index contributed by atoms with van der Waals surface area (Å²) in [7, 11) is 0. The third-order valence-electron chi connectivity index (χ3n) is 1.13. The highest BCUT2D eigenvalue weighted by atomic mass is 32.1. The first kappa shape index (κ1) is 8.57. The molecule has 0 amide bonds. The molecule has 0 nitrogen and oxygen atoms in total. The molecule has 0 rings (SSSR count). The fourth-order valence-electron chi connectivity index (χ4n) is 0.635. The van der Waals surface area contributed by atoms with E-state index < -0.39 is 0 Å². The lowest BCUT2D eigenvalue weighted by Crippen LogP contribution is -1.95. The van der Waals surface area contributed by atoms with E-state index in [-0.39, 0.29) is 0 Å². The van der Waals surface area contributed by atoms with Crippen molar-refractivity contribution in [3.63, 3.8) is 0 Å². The Morgan fingerprint density at radius 3 is 1.89 bits per heavy atom. The summed E-state index contributed by atoms with van der Waals surface area (Å²) in [5.41, 5.74) is 0. The van der Waals surface area contributed by atoms with E-state index in [0.29, 0.717) is 5.92 Å². The van der Waals surface area contributed by atoms with Gasteiger partial charge in [-0.15, -0.1) is 13.2 Å². The molecule has 0 aromatic heterocycles. The zero-order valence-corrected chi connectivity index (χ0v) is 6.36. The average molecular weight is 140 g/mol. The van der Waals surface area contributed by atoms with Crippen molar-refractivity contribution in [3.05, 3.63) is 25.3 Å². The van der Waals surface area contributed by atoms with Crippen molar-refractivity contribution >= 4 is 17.6 Å². The van der Waals surface area contributed by atoms with E-state index in [1.807, 2.05) is 12.2 Å². The highest BCUT2D eigenvalue weighted by Crippen LogP contribution is 2.06. The van der Waals surface area contributed by atoms with Gasteiger partial charge in [-0.25, -0.2) is 0 Å². The van der Waals surface area contributed by atoms with Gasteiger partial charge in [0.05, 0.1) is 0 Å². The summed E-state index contributed by atoms with van der Waals surface area (Å²) in [4.78, 5) is 0. The Labute approximate surface area is 62.3 Å². The molecular weight excluding hydrogens is 128 g/mol. The van der Waals surface area contributed by atoms with Gasteiger partial charge in [-0.05, 0) is 24.1 Å². The molecule has 1 heteroatoms. The second-order valence-corrected chi connectivity index (χ2v) is 2.22. The van der Waals surface area contributed by atoms with Gasteiger partial charge in [-0.2, -0.15) is 0 Å². The van der Waals surface area contributed by atoms with Gasteiger partial charge in [-0.3, -0.25) is 0 Å². The van der Waals surface area contributed by atoms with Crippen molar-refractivity contribution < 1.29 is 0 Å². The summed E-state index contributed by atoms with van der Waals surface area (Å²) < 4.78 is 0. The lowest BCUT2D eigenvalue weighted by atomic mass is 10.0. The van der Waals surface area contributed by atoms with E-state index >= 15 is 0 Å². The van der Waals surface area contributed by atoms with E-state index in [4.69, 9.17) is 12.2 Å². The van der Waals surface area contributed by atoms with Crippen LogP contribution in [0.3, 0.4) is 0 Å². The molecule has 0 aliphatic carbocycles. The van der Waals surface area contributed by atoms with Crippen LogP contribution in [-0.2, 0) is 0 Å². The molecule has 0 spiro atoms. The van der Waals surface area contributed by atoms with Crippen LogP contribution in [0.4, 0.5) is 0 Å². The van der Waals surface area contributed by atoms with Crippen molar-refractivity contribution in [2.24, 2.45) is 5.92 Å². The molecule has 0 bridgehead atoms. The monoisotopic (exact) mass is 140 g/mol. The molecular formula is C8H12S. The maximum Gasteiger partial charge on any atom is -0.00596 e. The van der Waals surface area contributed by atoms with Crippen molar-refractivity contribution in [3.8, 4) is 0 Å². The zero-order valence-electron chi connectivity index (χ0n) is 5.55. The van der Waals surface area contributed by atoms with Gasteiger partial charge in [0.15, 0.2) is 0 Å². The minimum absolute atomic E-state index is 0.468. The quantitative estimate of drug-likeness (QED) is 0.418. The summed E-state index contributed by atoms with van der Waals surface area (Å²) in [6.45, 7) is 7.26. The standard InChI is InChI=1S/C8H12S/c1-3-5-8(7-9)6-4-2/h3-4,7-8H,1-2,5-6H2. The Kier molecular flexibility index (Phi) is 5.43. The molecule has 0 fully saturated rings.